The number of hydrogen-bond acceptors (Lipinski definition) is 5. The SMILES string of the molecule is Cc1cccc(C(C)C)c1NC(=O)COC(=O)CCc1ncc(-c2ccc(F)cc2F)o1. The van der Waals surface area contributed by atoms with Crippen LogP contribution in [0.4, 0.5) is 14.5 Å². The van der Waals surface area contributed by atoms with Crippen LogP contribution in [0.1, 0.15) is 43.2 Å². The molecule has 0 atom stereocenters. The van der Waals surface area contributed by atoms with Crippen LogP contribution in [0.2, 0.25) is 0 Å². The first-order chi connectivity index (χ1) is 15.2. The number of amides is 1. The number of benzene rings is 2. The fourth-order valence-corrected chi connectivity index (χ4v) is 3.18. The van der Waals surface area contributed by atoms with E-state index in [0.29, 0.717) is 0 Å². The molecule has 3 aromatic rings. The predicted octanol–water partition coefficient (Wildman–Crippen LogP) is 5.17. The molecular weight excluding hydrogens is 418 g/mol. The number of ether oxygens (including phenoxy) is 1. The van der Waals surface area contributed by atoms with Gasteiger partial charge < -0.3 is 14.5 Å². The Bertz CT molecular complexity index is 1120. The van der Waals surface area contributed by atoms with E-state index in [-0.39, 0.29) is 36.0 Å². The van der Waals surface area contributed by atoms with Crippen molar-refractivity contribution in [1.29, 1.82) is 0 Å². The van der Waals surface area contributed by atoms with Crippen LogP contribution >= 0.6 is 0 Å². The van der Waals surface area contributed by atoms with Crippen LogP contribution in [0, 0.1) is 18.6 Å². The van der Waals surface area contributed by atoms with Crippen molar-refractivity contribution in [2.24, 2.45) is 0 Å². The Morgan fingerprint density at radius 3 is 2.69 bits per heavy atom. The summed E-state index contributed by atoms with van der Waals surface area (Å²) in [6, 6.07) is 8.89. The molecule has 0 spiro atoms. The molecule has 0 fully saturated rings. The molecule has 0 radical (unpaired) electrons. The third kappa shape index (κ3) is 5.78. The number of oxazole rings is 1. The maximum Gasteiger partial charge on any atom is 0.306 e. The Balaban J connectivity index is 1.50. The number of aryl methyl sites for hydroxylation is 2. The Kier molecular flexibility index (Phi) is 7.35. The number of aromatic nitrogens is 1. The Morgan fingerprint density at radius 1 is 1.19 bits per heavy atom. The topological polar surface area (TPSA) is 81.4 Å². The zero-order valence-corrected chi connectivity index (χ0v) is 18.1. The van der Waals surface area contributed by atoms with Gasteiger partial charge in [-0.2, -0.15) is 0 Å². The number of carbonyl (C=O) groups excluding carboxylic acids is 2. The van der Waals surface area contributed by atoms with Crippen LogP contribution in [0.25, 0.3) is 11.3 Å². The summed E-state index contributed by atoms with van der Waals surface area (Å²) >= 11 is 0. The van der Waals surface area contributed by atoms with Gasteiger partial charge in [0.2, 0.25) is 0 Å². The number of para-hydroxylation sites is 1. The summed E-state index contributed by atoms with van der Waals surface area (Å²) in [4.78, 5) is 28.3. The number of halogens is 2. The van der Waals surface area contributed by atoms with Gasteiger partial charge in [-0.25, -0.2) is 13.8 Å². The first kappa shape index (κ1) is 23.1. The van der Waals surface area contributed by atoms with E-state index in [4.69, 9.17) is 9.15 Å². The van der Waals surface area contributed by atoms with E-state index in [1.165, 1.54) is 12.3 Å². The molecule has 0 saturated heterocycles. The van der Waals surface area contributed by atoms with Gasteiger partial charge in [0.15, 0.2) is 18.3 Å². The zero-order chi connectivity index (χ0) is 23.3. The normalized spacial score (nSPS) is 10.9. The standard InChI is InChI=1S/C24H24F2N2O4/c1-14(2)17-6-4-5-15(3)24(17)28-21(29)13-31-23(30)10-9-22-27-12-20(32-22)18-8-7-16(25)11-19(18)26/h4-8,11-12,14H,9-10,13H2,1-3H3,(H,28,29). The third-order valence-corrected chi connectivity index (χ3v) is 4.85. The van der Waals surface area contributed by atoms with E-state index in [1.54, 1.807) is 0 Å². The fraction of sp³-hybridized carbons (Fsp3) is 0.292. The number of hydrogen-bond donors (Lipinski definition) is 1. The Labute approximate surface area is 184 Å². The second-order valence-electron chi connectivity index (χ2n) is 7.65. The smallest absolute Gasteiger partial charge is 0.306 e. The highest BCUT2D eigenvalue weighted by Gasteiger charge is 2.16. The van der Waals surface area contributed by atoms with Crippen LogP contribution in [0.5, 0.6) is 0 Å². The minimum Gasteiger partial charge on any atom is -0.456 e. The van der Waals surface area contributed by atoms with Crippen molar-refractivity contribution in [1.82, 2.24) is 4.98 Å². The fourth-order valence-electron chi connectivity index (χ4n) is 3.18. The van der Waals surface area contributed by atoms with E-state index in [1.807, 2.05) is 39.0 Å². The van der Waals surface area contributed by atoms with Crippen LogP contribution in [-0.2, 0) is 20.7 Å². The van der Waals surface area contributed by atoms with Gasteiger partial charge in [-0.15, -0.1) is 0 Å². The molecule has 1 aromatic heterocycles. The maximum absolute atomic E-state index is 13.8. The summed E-state index contributed by atoms with van der Waals surface area (Å²) in [5.74, 6) is -1.94. The zero-order valence-electron chi connectivity index (χ0n) is 18.1. The first-order valence-corrected chi connectivity index (χ1v) is 10.2. The van der Waals surface area contributed by atoms with Crippen molar-refractivity contribution < 1.29 is 27.5 Å². The van der Waals surface area contributed by atoms with E-state index in [2.05, 4.69) is 10.3 Å². The minimum atomic E-state index is -0.771. The van der Waals surface area contributed by atoms with Gasteiger partial charge in [-0.1, -0.05) is 32.0 Å². The second-order valence-corrected chi connectivity index (χ2v) is 7.65. The lowest BCUT2D eigenvalue weighted by Gasteiger charge is -2.16. The van der Waals surface area contributed by atoms with Crippen molar-refractivity contribution in [2.75, 3.05) is 11.9 Å². The molecule has 0 aliphatic carbocycles. The number of carbonyl (C=O) groups is 2. The van der Waals surface area contributed by atoms with Gasteiger partial charge in [0.1, 0.15) is 11.6 Å². The summed E-state index contributed by atoms with van der Waals surface area (Å²) in [6.45, 7) is 5.55. The highest BCUT2D eigenvalue weighted by molar-refractivity contribution is 5.94. The average Bonchev–Trinajstić information content (AvgIpc) is 3.20. The van der Waals surface area contributed by atoms with Crippen molar-refractivity contribution >= 4 is 17.6 Å². The van der Waals surface area contributed by atoms with Crippen molar-refractivity contribution in [3.63, 3.8) is 0 Å². The largest absolute Gasteiger partial charge is 0.456 e. The van der Waals surface area contributed by atoms with Gasteiger partial charge in [0, 0.05) is 18.2 Å². The third-order valence-electron chi connectivity index (χ3n) is 4.85. The van der Waals surface area contributed by atoms with Gasteiger partial charge >= 0.3 is 5.97 Å². The average molecular weight is 442 g/mol. The van der Waals surface area contributed by atoms with Crippen LogP contribution < -0.4 is 5.32 Å². The van der Waals surface area contributed by atoms with Crippen molar-refractivity contribution in [3.05, 3.63) is 71.2 Å². The molecular formula is C24H24F2N2O4. The molecule has 1 N–H and O–H groups in total. The molecule has 0 unspecified atom stereocenters. The van der Waals surface area contributed by atoms with Crippen LogP contribution in [0.15, 0.2) is 47.0 Å². The van der Waals surface area contributed by atoms with Crippen LogP contribution in [-0.4, -0.2) is 23.5 Å². The molecule has 1 amide bonds. The molecule has 32 heavy (non-hydrogen) atoms. The van der Waals surface area contributed by atoms with E-state index < -0.39 is 30.1 Å². The van der Waals surface area contributed by atoms with Gasteiger partial charge in [-0.3, -0.25) is 9.59 Å². The lowest BCUT2D eigenvalue weighted by atomic mass is 9.98. The van der Waals surface area contributed by atoms with Gasteiger partial charge in [-0.05, 0) is 36.1 Å². The molecule has 168 valence electrons. The molecule has 8 heteroatoms. The molecule has 0 saturated carbocycles. The Morgan fingerprint density at radius 2 is 1.97 bits per heavy atom. The molecule has 0 aliphatic rings. The van der Waals surface area contributed by atoms with E-state index in [0.717, 1.165) is 28.9 Å². The summed E-state index contributed by atoms with van der Waals surface area (Å²) < 4.78 is 37.4. The highest BCUT2D eigenvalue weighted by Crippen LogP contribution is 2.27. The highest BCUT2D eigenvalue weighted by atomic mass is 19.1. The minimum absolute atomic E-state index is 0.0687. The number of esters is 1. The molecule has 2 aromatic carbocycles. The number of anilines is 1. The first-order valence-electron chi connectivity index (χ1n) is 10.2. The molecule has 0 aliphatic heterocycles. The second kappa shape index (κ2) is 10.2. The summed E-state index contributed by atoms with van der Waals surface area (Å²) in [6.07, 6.45) is 1.35. The van der Waals surface area contributed by atoms with Gasteiger partial charge in [0.05, 0.1) is 18.2 Å². The quantitative estimate of drug-likeness (QED) is 0.487. The summed E-state index contributed by atoms with van der Waals surface area (Å²) in [7, 11) is 0. The van der Waals surface area contributed by atoms with Crippen molar-refractivity contribution in [3.8, 4) is 11.3 Å². The molecule has 1 heterocycles. The summed E-state index contributed by atoms with van der Waals surface area (Å²) in [5.41, 5.74) is 2.72. The lowest BCUT2D eigenvalue weighted by Crippen LogP contribution is -2.22. The summed E-state index contributed by atoms with van der Waals surface area (Å²) in [5, 5.41) is 2.81. The number of nitrogens with zero attached hydrogens (tertiary/aromatic N) is 1. The number of nitrogens with one attached hydrogen (secondary N) is 1. The van der Waals surface area contributed by atoms with Crippen LogP contribution in [0.3, 0.4) is 0 Å². The maximum atomic E-state index is 13.8. The van der Waals surface area contributed by atoms with Crippen molar-refractivity contribution in [2.45, 2.75) is 39.5 Å². The van der Waals surface area contributed by atoms with E-state index in [9.17, 15) is 18.4 Å². The lowest BCUT2D eigenvalue weighted by molar-refractivity contribution is -0.147. The van der Waals surface area contributed by atoms with Gasteiger partial charge in [0.25, 0.3) is 5.91 Å². The monoisotopic (exact) mass is 442 g/mol. The van der Waals surface area contributed by atoms with E-state index >= 15 is 0 Å². The Hall–Kier alpha value is -3.55. The molecule has 0 bridgehead atoms. The molecule has 3 rings (SSSR count). The number of rotatable bonds is 8. The molecule has 6 nitrogen and oxygen atoms in total. The predicted molar refractivity (Wildman–Crippen MR) is 115 cm³/mol.